The molecule has 5 rings (SSSR count). The van der Waals surface area contributed by atoms with E-state index in [9.17, 15) is 9.18 Å². The molecule has 3 heterocycles. The SMILES string of the molecule is CC(C)NC(=O)c1ccc(F)c(-c2ccc3cnc(Cc4cnccc4[C@@H]4CCC[C@H](N)C4)n3n2)c1F. The first kappa shape index (κ1) is 25.0. The van der Waals surface area contributed by atoms with Crippen LogP contribution in [-0.2, 0) is 6.42 Å². The van der Waals surface area contributed by atoms with Crippen molar-refractivity contribution in [3.63, 3.8) is 0 Å². The molecule has 1 aliphatic rings. The Morgan fingerprint density at radius 3 is 2.78 bits per heavy atom. The summed E-state index contributed by atoms with van der Waals surface area (Å²) in [6.45, 7) is 3.54. The van der Waals surface area contributed by atoms with Crippen LogP contribution in [0.5, 0.6) is 0 Å². The van der Waals surface area contributed by atoms with Gasteiger partial charge in [-0.3, -0.25) is 9.78 Å². The molecule has 0 radical (unpaired) electrons. The normalized spacial score (nSPS) is 17.9. The Hall–Kier alpha value is -3.72. The zero-order valence-electron chi connectivity index (χ0n) is 20.9. The molecule has 192 valence electrons. The molecule has 0 saturated heterocycles. The summed E-state index contributed by atoms with van der Waals surface area (Å²) in [5.41, 5.74) is 8.67. The van der Waals surface area contributed by atoms with Crippen LogP contribution in [0.15, 0.2) is 48.9 Å². The molecule has 3 aromatic heterocycles. The van der Waals surface area contributed by atoms with E-state index in [4.69, 9.17) is 5.73 Å². The molecule has 3 N–H and O–H groups in total. The van der Waals surface area contributed by atoms with Gasteiger partial charge in [-0.05, 0) is 80.5 Å². The molecule has 1 aliphatic carbocycles. The minimum Gasteiger partial charge on any atom is -0.350 e. The van der Waals surface area contributed by atoms with E-state index in [1.807, 2.05) is 12.3 Å². The lowest BCUT2D eigenvalue weighted by Crippen LogP contribution is -2.31. The Morgan fingerprint density at radius 2 is 2.00 bits per heavy atom. The Balaban J connectivity index is 1.52. The van der Waals surface area contributed by atoms with E-state index in [2.05, 4.69) is 20.4 Å². The summed E-state index contributed by atoms with van der Waals surface area (Å²) in [6, 6.07) is 7.53. The number of amides is 1. The third-order valence-electron chi connectivity index (χ3n) is 6.91. The Labute approximate surface area is 214 Å². The summed E-state index contributed by atoms with van der Waals surface area (Å²) in [7, 11) is 0. The van der Waals surface area contributed by atoms with E-state index in [1.54, 1.807) is 36.8 Å². The molecule has 2 atom stereocenters. The molecular formula is C28H30F2N6O. The summed E-state index contributed by atoms with van der Waals surface area (Å²) in [5.74, 6) is -1.37. The van der Waals surface area contributed by atoms with Crippen LogP contribution in [0.2, 0.25) is 0 Å². The predicted octanol–water partition coefficient (Wildman–Crippen LogP) is 4.78. The molecule has 1 aromatic carbocycles. The molecule has 9 heteroatoms. The molecule has 1 amide bonds. The minimum atomic E-state index is -0.949. The van der Waals surface area contributed by atoms with Gasteiger partial charge in [-0.15, -0.1) is 0 Å². The fourth-order valence-corrected chi connectivity index (χ4v) is 5.15. The van der Waals surface area contributed by atoms with E-state index in [0.29, 0.717) is 23.7 Å². The Kier molecular flexibility index (Phi) is 6.97. The molecule has 0 aliphatic heterocycles. The number of benzene rings is 1. The van der Waals surface area contributed by atoms with Crippen molar-refractivity contribution in [2.24, 2.45) is 5.73 Å². The monoisotopic (exact) mass is 504 g/mol. The number of nitrogens with two attached hydrogens (primary N) is 1. The molecule has 0 bridgehead atoms. The topological polar surface area (TPSA) is 98.2 Å². The van der Waals surface area contributed by atoms with Gasteiger partial charge in [0.05, 0.1) is 28.5 Å². The summed E-state index contributed by atoms with van der Waals surface area (Å²) >= 11 is 0. The number of nitrogens with zero attached hydrogens (tertiary/aromatic N) is 4. The van der Waals surface area contributed by atoms with Crippen molar-refractivity contribution in [2.45, 2.75) is 64.0 Å². The van der Waals surface area contributed by atoms with Crippen LogP contribution < -0.4 is 11.1 Å². The van der Waals surface area contributed by atoms with Gasteiger partial charge in [0, 0.05) is 30.9 Å². The third-order valence-corrected chi connectivity index (χ3v) is 6.91. The van der Waals surface area contributed by atoms with E-state index in [-0.39, 0.29) is 28.9 Å². The molecule has 1 fully saturated rings. The summed E-state index contributed by atoms with van der Waals surface area (Å²) in [4.78, 5) is 21.3. The number of fused-ring (bicyclic) bond motifs is 1. The van der Waals surface area contributed by atoms with Crippen LogP contribution >= 0.6 is 0 Å². The van der Waals surface area contributed by atoms with Crippen molar-refractivity contribution in [2.75, 3.05) is 0 Å². The van der Waals surface area contributed by atoms with Gasteiger partial charge in [-0.25, -0.2) is 18.3 Å². The van der Waals surface area contributed by atoms with Gasteiger partial charge >= 0.3 is 0 Å². The quantitative estimate of drug-likeness (QED) is 0.394. The molecule has 1 saturated carbocycles. The number of imidazole rings is 1. The highest BCUT2D eigenvalue weighted by molar-refractivity contribution is 5.96. The average molecular weight is 505 g/mol. The maximum absolute atomic E-state index is 15.4. The number of nitrogens with one attached hydrogen (secondary N) is 1. The second-order valence-corrected chi connectivity index (χ2v) is 10.0. The first-order valence-corrected chi connectivity index (χ1v) is 12.6. The van der Waals surface area contributed by atoms with Crippen molar-refractivity contribution >= 4 is 11.4 Å². The second kappa shape index (κ2) is 10.3. The van der Waals surface area contributed by atoms with Gasteiger partial charge in [-0.2, -0.15) is 5.10 Å². The average Bonchev–Trinajstić information content (AvgIpc) is 3.26. The zero-order chi connectivity index (χ0) is 26.1. The van der Waals surface area contributed by atoms with Crippen LogP contribution in [-0.4, -0.2) is 37.6 Å². The highest BCUT2D eigenvalue weighted by atomic mass is 19.1. The number of hydrogen-bond acceptors (Lipinski definition) is 5. The highest BCUT2D eigenvalue weighted by Crippen LogP contribution is 2.34. The maximum Gasteiger partial charge on any atom is 0.254 e. The number of hydrogen-bond donors (Lipinski definition) is 2. The van der Waals surface area contributed by atoms with E-state index in [0.717, 1.165) is 43.4 Å². The first-order chi connectivity index (χ1) is 17.8. The highest BCUT2D eigenvalue weighted by Gasteiger charge is 2.24. The van der Waals surface area contributed by atoms with E-state index < -0.39 is 17.5 Å². The zero-order valence-corrected chi connectivity index (χ0v) is 20.9. The van der Waals surface area contributed by atoms with Crippen molar-refractivity contribution in [3.05, 3.63) is 83.1 Å². The maximum atomic E-state index is 15.4. The predicted molar refractivity (Wildman–Crippen MR) is 137 cm³/mol. The molecule has 0 spiro atoms. The van der Waals surface area contributed by atoms with Crippen molar-refractivity contribution in [1.82, 2.24) is 24.9 Å². The van der Waals surface area contributed by atoms with Crippen LogP contribution in [0.4, 0.5) is 8.78 Å². The summed E-state index contributed by atoms with van der Waals surface area (Å²) in [5, 5.41) is 7.19. The lowest BCUT2D eigenvalue weighted by molar-refractivity contribution is 0.0939. The molecule has 0 unspecified atom stereocenters. The minimum absolute atomic E-state index is 0.0746. The largest absolute Gasteiger partial charge is 0.350 e. The molecule has 4 aromatic rings. The number of halogens is 2. The fourth-order valence-electron chi connectivity index (χ4n) is 5.15. The summed E-state index contributed by atoms with van der Waals surface area (Å²) < 4.78 is 31.8. The van der Waals surface area contributed by atoms with Gasteiger partial charge in [0.1, 0.15) is 17.5 Å². The van der Waals surface area contributed by atoms with E-state index in [1.165, 1.54) is 11.6 Å². The standard InChI is InChI=1S/C28H30F2N6O/c1-16(2)34-28(37)22-7-8-23(29)26(27(22)30)24-9-6-20-15-33-25(36(20)35-24)13-18-14-32-11-10-21(18)17-4-3-5-19(31)12-17/h6-11,14-17,19H,3-5,12-13,31H2,1-2H3,(H,34,37)/t17-,19+/m1/s1. The van der Waals surface area contributed by atoms with Crippen LogP contribution in [0, 0.1) is 11.6 Å². The number of rotatable bonds is 6. The van der Waals surface area contributed by atoms with Gasteiger partial charge in [-0.1, -0.05) is 6.42 Å². The number of carbonyl (C=O) groups excluding carboxylic acids is 1. The van der Waals surface area contributed by atoms with E-state index >= 15 is 4.39 Å². The van der Waals surface area contributed by atoms with Gasteiger partial charge < -0.3 is 11.1 Å². The van der Waals surface area contributed by atoms with Gasteiger partial charge in [0.2, 0.25) is 0 Å². The van der Waals surface area contributed by atoms with Crippen molar-refractivity contribution in [3.8, 4) is 11.3 Å². The molecular weight excluding hydrogens is 474 g/mol. The second-order valence-electron chi connectivity index (χ2n) is 10.0. The summed E-state index contributed by atoms with van der Waals surface area (Å²) in [6.07, 6.45) is 9.93. The smallest absolute Gasteiger partial charge is 0.254 e. The number of pyridine rings is 1. The number of carbonyl (C=O) groups is 1. The van der Waals surface area contributed by atoms with Crippen molar-refractivity contribution in [1.29, 1.82) is 0 Å². The lowest BCUT2D eigenvalue weighted by Gasteiger charge is -2.28. The molecule has 7 nitrogen and oxygen atoms in total. The fraction of sp³-hybridized carbons (Fsp3) is 0.357. The third kappa shape index (κ3) is 5.09. The Morgan fingerprint density at radius 1 is 1.16 bits per heavy atom. The van der Waals surface area contributed by atoms with Gasteiger partial charge in [0.15, 0.2) is 0 Å². The molecule has 37 heavy (non-hydrogen) atoms. The Bertz CT molecular complexity index is 1450. The number of aromatic nitrogens is 4. The van der Waals surface area contributed by atoms with Crippen LogP contribution in [0.1, 0.15) is 72.8 Å². The van der Waals surface area contributed by atoms with Gasteiger partial charge in [0.25, 0.3) is 5.91 Å². The van der Waals surface area contributed by atoms with Crippen LogP contribution in [0.25, 0.3) is 16.8 Å². The van der Waals surface area contributed by atoms with Crippen molar-refractivity contribution < 1.29 is 13.6 Å². The first-order valence-electron chi connectivity index (χ1n) is 12.6. The lowest BCUT2D eigenvalue weighted by atomic mass is 9.80. The van der Waals surface area contributed by atoms with Crippen LogP contribution in [0.3, 0.4) is 0 Å².